The lowest BCUT2D eigenvalue weighted by Crippen LogP contribution is -2.67. The van der Waals surface area contributed by atoms with Crippen LogP contribution in [0.5, 0.6) is 0 Å². The fraction of sp³-hybridized carbons (Fsp3) is 0.923. The van der Waals surface area contributed by atoms with Gasteiger partial charge in [0.1, 0.15) is 6.10 Å². The van der Waals surface area contributed by atoms with Crippen LogP contribution >= 0.6 is 0 Å². The highest BCUT2D eigenvalue weighted by molar-refractivity contribution is 7.89. The molecule has 2 saturated carbocycles. The number of nitrogens with one attached hydrogen (secondary N) is 1. The van der Waals surface area contributed by atoms with Crippen molar-refractivity contribution in [3.63, 3.8) is 0 Å². The Hall–Kier alpha value is -1.43. The van der Waals surface area contributed by atoms with Gasteiger partial charge in [-0.3, -0.25) is 4.79 Å². The number of fused-ring (bicyclic) bond motifs is 1. The molecule has 0 aromatic carbocycles. The highest BCUT2D eigenvalue weighted by atomic mass is 32.2. The summed E-state index contributed by atoms with van der Waals surface area (Å²) >= 11 is 0. The second-order valence-electron chi connectivity index (χ2n) is 11.7. The van der Waals surface area contributed by atoms with Crippen molar-refractivity contribution >= 4 is 22.0 Å². The Balaban J connectivity index is 1.25. The Morgan fingerprint density at radius 2 is 1.65 bits per heavy atom. The fourth-order valence-electron chi connectivity index (χ4n) is 7.60. The molecule has 3 saturated heterocycles. The van der Waals surface area contributed by atoms with Crippen LogP contribution in [0.4, 0.5) is 4.79 Å². The summed E-state index contributed by atoms with van der Waals surface area (Å²) in [6.45, 7) is 6.67. The summed E-state index contributed by atoms with van der Waals surface area (Å²) in [5.41, 5.74) is 3.02. The van der Waals surface area contributed by atoms with E-state index in [0.29, 0.717) is 51.0 Å². The molecule has 3 unspecified atom stereocenters. The van der Waals surface area contributed by atoms with Crippen molar-refractivity contribution in [3.05, 3.63) is 0 Å². The first kappa shape index (κ1) is 27.1. The predicted molar refractivity (Wildman–Crippen MR) is 138 cm³/mol. The lowest BCUT2D eigenvalue weighted by atomic mass is 9.69. The highest BCUT2D eigenvalue weighted by Gasteiger charge is 2.49. The van der Waals surface area contributed by atoms with Crippen molar-refractivity contribution in [1.29, 1.82) is 0 Å². The molecule has 0 spiro atoms. The quantitative estimate of drug-likeness (QED) is 0.584. The zero-order chi connectivity index (χ0) is 26.2. The van der Waals surface area contributed by atoms with Gasteiger partial charge in [-0.1, -0.05) is 0 Å². The van der Waals surface area contributed by atoms with Gasteiger partial charge in [-0.05, 0) is 70.1 Å². The summed E-state index contributed by atoms with van der Waals surface area (Å²) in [5, 5.41) is -0.305. The number of amides is 2. The first-order chi connectivity index (χ1) is 17.8. The molecule has 5 aliphatic rings. The van der Waals surface area contributed by atoms with Crippen molar-refractivity contribution in [2.24, 2.45) is 11.8 Å². The maximum atomic E-state index is 13.4. The van der Waals surface area contributed by atoms with E-state index < -0.39 is 10.0 Å². The predicted octanol–water partition coefficient (Wildman–Crippen LogP) is 2.49. The molecule has 210 valence electrons. The third kappa shape index (κ3) is 5.65. The van der Waals surface area contributed by atoms with Crippen molar-refractivity contribution in [1.82, 2.24) is 19.6 Å². The third-order valence-corrected chi connectivity index (χ3v) is 11.7. The number of piperazine rings is 1. The second kappa shape index (κ2) is 11.4. The van der Waals surface area contributed by atoms with Crippen LogP contribution in [0.2, 0.25) is 0 Å². The van der Waals surface area contributed by atoms with Gasteiger partial charge in [-0.15, -0.1) is 4.41 Å². The summed E-state index contributed by atoms with van der Waals surface area (Å²) in [6, 6.07) is -0.0866. The van der Waals surface area contributed by atoms with Crippen LogP contribution in [0, 0.1) is 11.8 Å². The van der Waals surface area contributed by atoms with E-state index in [1.165, 1.54) is 4.41 Å². The van der Waals surface area contributed by atoms with Crippen LogP contribution in [-0.4, -0.2) is 97.0 Å². The smallest absolute Gasteiger partial charge is 0.410 e. The molecule has 10 nitrogen and oxygen atoms in total. The van der Waals surface area contributed by atoms with Crippen molar-refractivity contribution in [2.75, 3.05) is 32.8 Å². The van der Waals surface area contributed by atoms with Gasteiger partial charge < -0.3 is 19.3 Å². The molecular formula is C26H44N4O6S. The van der Waals surface area contributed by atoms with Crippen LogP contribution in [0.15, 0.2) is 0 Å². The SMILES string of the molecule is CC(=O)N1C2CCC(C3CCC(S(=O)(=O)N4CCCN4)CC3)CC2N(C(=O)OC2CCOCC2)C[C@@H]1C. The van der Waals surface area contributed by atoms with Crippen molar-refractivity contribution in [3.8, 4) is 0 Å². The van der Waals surface area contributed by atoms with E-state index in [9.17, 15) is 18.0 Å². The van der Waals surface area contributed by atoms with Crippen molar-refractivity contribution in [2.45, 2.75) is 108 Å². The lowest BCUT2D eigenvalue weighted by Gasteiger charge is -2.54. The average Bonchev–Trinajstić information content (AvgIpc) is 3.44. The summed E-state index contributed by atoms with van der Waals surface area (Å²) in [5.74, 6) is 0.951. The minimum atomic E-state index is -3.29. The zero-order valence-electron chi connectivity index (χ0n) is 22.3. The van der Waals surface area contributed by atoms with Crippen LogP contribution in [0.3, 0.4) is 0 Å². The molecule has 5 fully saturated rings. The first-order valence-electron chi connectivity index (χ1n) is 14.3. The van der Waals surface area contributed by atoms with Gasteiger partial charge in [-0.2, -0.15) is 0 Å². The molecule has 3 aliphatic heterocycles. The minimum Gasteiger partial charge on any atom is -0.446 e. The van der Waals surface area contributed by atoms with Crippen LogP contribution in [0.1, 0.15) is 78.1 Å². The Labute approximate surface area is 221 Å². The van der Waals surface area contributed by atoms with Crippen LogP contribution in [-0.2, 0) is 24.3 Å². The number of rotatable bonds is 4. The van der Waals surface area contributed by atoms with E-state index in [-0.39, 0.29) is 41.5 Å². The largest absolute Gasteiger partial charge is 0.446 e. The summed E-state index contributed by atoms with van der Waals surface area (Å²) in [7, 11) is -3.29. The first-order valence-corrected chi connectivity index (χ1v) is 15.8. The number of carbonyl (C=O) groups excluding carboxylic acids is 2. The minimum absolute atomic E-state index is 0.0118. The Morgan fingerprint density at radius 1 is 0.946 bits per heavy atom. The number of hydrazine groups is 1. The van der Waals surface area contributed by atoms with Gasteiger partial charge >= 0.3 is 6.09 Å². The number of hydrogen-bond donors (Lipinski definition) is 1. The molecule has 37 heavy (non-hydrogen) atoms. The molecule has 5 rings (SSSR count). The molecule has 3 heterocycles. The van der Waals surface area contributed by atoms with E-state index in [4.69, 9.17) is 9.47 Å². The third-order valence-electron chi connectivity index (χ3n) is 9.49. The Bertz CT molecular complexity index is 927. The molecule has 1 N–H and O–H groups in total. The normalized spacial score (nSPS) is 36.3. The maximum Gasteiger partial charge on any atom is 0.410 e. The van der Waals surface area contributed by atoms with E-state index in [1.807, 2.05) is 16.7 Å². The monoisotopic (exact) mass is 540 g/mol. The number of nitrogens with zero attached hydrogens (tertiary/aromatic N) is 3. The van der Waals surface area contributed by atoms with Gasteiger partial charge in [0.05, 0.1) is 30.5 Å². The topological polar surface area (TPSA) is 108 Å². The van der Waals surface area contributed by atoms with E-state index in [0.717, 1.165) is 57.9 Å². The molecule has 0 radical (unpaired) electrons. The van der Waals surface area contributed by atoms with E-state index in [1.54, 1.807) is 6.92 Å². The summed E-state index contributed by atoms with van der Waals surface area (Å²) in [4.78, 5) is 29.9. The average molecular weight is 541 g/mol. The standard InChI is InChI=1S/C26H44N4O6S/c1-18-17-28(26(32)36-22-10-14-35-15-11-22)25-16-21(6-9-24(25)30(18)19(2)31)20-4-7-23(8-5-20)37(33,34)29-13-3-12-27-29/h18,20-25,27H,3-17H2,1-2H3/t18-,20?,21?,23?,24?,25?/m0/s1. The molecule has 4 atom stereocenters. The van der Waals surface area contributed by atoms with E-state index in [2.05, 4.69) is 5.43 Å². The maximum absolute atomic E-state index is 13.4. The number of carbonyl (C=O) groups is 2. The zero-order valence-corrected chi connectivity index (χ0v) is 23.2. The fourth-order valence-corrected chi connectivity index (χ4v) is 9.49. The second-order valence-corrected chi connectivity index (χ2v) is 13.9. The summed E-state index contributed by atoms with van der Waals surface area (Å²) in [6.07, 6.45) is 7.87. The van der Waals surface area contributed by atoms with Gasteiger partial charge in [-0.25, -0.2) is 18.6 Å². The highest BCUT2D eigenvalue weighted by Crippen LogP contribution is 2.44. The van der Waals surface area contributed by atoms with E-state index >= 15 is 0 Å². The number of hydrogen-bond acceptors (Lipinski definition) is 7. The van der Waals surface area contributed by atoms with Gasteiger partial charge in [0.15, 0.2) is 0 Å². The van der Waals surface area contributed by atoms with Crippen LogP contribution < -0.4 is 5.43 Å². The molecule has 2 aliphatic carbocycles. The van der Waals surface area contributed by atoms with Crippen molar-refractivity contribution < 1.29 is 27.5 Å². The van der Waals surface area contributed by atoms with Gasteiger partial charge in [0, 0.05) is 45.4 Å². The lowest BCUT2D eigenvalue weighted by molar-refractivity contribution is -0.143. The Kier molecular flexibility index (Phi) is 8.33. The molecule has 0 aromatic rings. The molecule has 11 heteroatoms. The summed E-state index contributed by atoms with van der Waals surface area (Å²) < 4.78 is 38.9. The number of ether oxygens (including phenoxy) is 2. The molecule has 2 amide bonds. The number of sulfonamides is 1. The van der Waals surface area contributed by atoms with Crippen LogP contribution in [0.25, 0.3) is 0 Å². The molecule has 0 bridgehead atoms. The van der Waals surface area contributed by atoms with Gasteiger partial charge in [0.2, 0.25) is 15.9 Å². The van der Waals surface area contributed by atoms with Gasteiger partial charge in [0.25, 0.3) is 0 Å². The molecular weight excluding hydrogens is 496 g/mol. The Morgan fingerprint density at radius 3 is 2.30 bits per heavy atom. The molecule has 0 aromatic heterocycles.